The van der Waals surface area contributed by atoms with E-state index in [1.165, 1.54) is 13.2 Å². The van der Waals surface area contributed by atoms with Crippen molar-refractivity contribution in [1.82, 2.24) is 9.88 Å². The average molecular weight is 415 g/mol. The zero-order valence-corrected chi connectivity index (χ0v) is 17.4. The van der Waals surface area contributed by atoms with E-state index in [0.717, 1.165) is 22.4 Å². The first kappa shape index (κ1) is 21.0. The highest BCUT2D eigenvalue weighted by molar-refractivity contribution is 7.80. The molecule has 1 amide bonds. The molecule has 0 unspecified atom stereocenters. The van der Waals surface area contributed by atoms with Crippen molar-refractivity contribution in [3.05, 3.63) is 64.6 Å². The summed E-state index contributed by atoms with van der Waals surface area (Å²) < 4.78 is 21.4. The first-order valence-electron chi connectivity index (χ1n) is 9.23. The molecule has 3 aromatic rings. The predicted molar refractivity (Wildman–Crippen MR) is 115 cm³/mol. The largest absolute Gasteiger partial charge is 0.494 e. The van der Waals surface area contributed by atoms with Crippen molar-refractivity contribution in [3.63, 3.8) is 0 Å². The van der Waals surface area contributed by atoms with Gasteiger partial charge in [0.2, 0.25) is 5.91 Å². The number of carbonyl (C=O) groups is 1. The minimum Gasteiger partial charge on any atom is -0.494 e. The summed E-state index contributed by atoms with van der Waals surface area (Å²) in [5, 5.41) is 12.3. The number of hydrogen-bond donors (Lipinski definition) is 2. The van der Waals surface area contributed by atoms with E-state index < -0.39 is 5.82 Å². The van der Waals surface area contributed by atoms with Crippen LogP contribution in [0, 0.1) is 19.7 Å². The van der Waals surface area contributed by atoms with E-state index in [1.54, 1.807) is 10.6 Å². The Morgan fingerprint density at radius 2 is 1.93 bits per heavy atom. The first-order chi connectivity index (χ1) is 13.9. The third-order valence-electron chi connectivity index (χ3n) is 4.88. The zero-order chi connectivity index (χ0) is 21.1. The molecule has 152 valence electrons. The topological polar surface area (TPSA) is 63.5 Å². The van der Waals surface area contributed by atoms with Crippen LogP contribution < -0.4 is 10.1 Å². The summed E-state index contributed by atoms with van der Waals surface area (Å²) >= 11 is 5.72. The van der Waals surface area contributed by atoms with Gasteiger partial charge in [0, 0.05) is 29.3 Å². The van der Waals surface area contributed by atoms with Gasteiger partial charge in [0.1, 0.15) is 4.99 Å². The minimum atomic E-state index is -0.498. The Morgan fingerprint density at radius 3 is 2.55 bits per heavy atom. The molecule has 2 N–H and O–H groups in total. The Balaban J connectivity index is 2.17. The lowest BCUT2D eigenvalue weighted by Gasteiger charge is -2.11. The lowest BCUT2D eigenvalue weighted by Crippen LogP contribution is -2.28. The van der Waals surface area contributed by atoms with Crippen LogP contribution in [0.4, 0.5) is 4.39 Å². The molecule has 5 nitrogen and oxygen atoms in total. The average Bonchev–Trinajstić information content (AvgIpc) is 2.96. The van der Waals surface area contributed by atoms with Crippen LogP contribution in [-0.2, 0) is 11.2 Å². The van der Waals surface area contributed by atoms with Gasteiger partial charge in [-0.1, -0.05) is 42.0 Å². The molecule has 0 fully saturated rings. The van der Waals surface area contributed by atoms with E-state index in [4.69, 9.17) is 22.1 Å². The van der Waals surface area contributed by atoms with Gasteiger partial charge < -0.3 is 19.7 Å². The fourth-order valence-electron chi connectivity index (χ4n) is 3.37. The Bertz CT molecular complexity index is 1070. The molecule has 0 aliphatic heterocycles. The second-order valence-electron chi connectivity index (χ2n) is 6.82. The number of thiocarbonyl (C=S) groups is 1. The normalized spacial score (nSPS) is 10.9. The van der Waals surface area contributed by atoms with Crippen molar-refractivity contribution in [2.45, 2.75) is 20.3 Å². The number of aromatic nitrogens is 1. The molecule has 3 rings (SSSR count). The first-order valence-corrected chi connectivity index (χ1v) is 9.64. The van der Waals surface area contributed by atoms with Crippen LogP contribution in [0.5, 0.6) is 5.75 Å². The van der Waals surface area contributed by atoms with Gasteiger partial charge in [-0.3, -0.25) is 4.79 Å². The number of fused-ring (bicyclic) bond motifs is 1. The number of ether oxygens (including phenoxy) is 1. The van der Waals surface area contributed by atoms with Gasteiger partial charge >= 0.3 is 0 Å². The minimum absolute atomic E-state index is 0.0840. The molecule has 0 atom stereocenters. The van der Waals surface area contributed by atoms with E-state index >= 15 is 0 Å². The molecule has 0 radical (unpaired) electrons. The van der Waals surface area contributed by atoms with Gasteiger partial charge in [-0.05, 0) is 25.5 Å². The summed E-state index contributed by atoms with van der Waals surface area (Å²) in [7, 11) is 1.40. The molecule has 0 saturated carbocycles. The smallest absolute Gasteiger partial charge is 0.224 e. The van der Waals surface area contributed by atoms with Gasteiger partial charge in [-0.2, -0.15) is 0 Å². The number of amides is 1. The lowest BCUT2D eigenvalue weighted by molar-refractivity contribution is -0.120. The number of aryl methyl sites for hydroxylation is 1. The Kier molecular flexibility index (Phi) is 6.30. The second kappa shape index (κ2) is 8.71. The van der Waals surface area contributed by atoms with Gasteiger partial charge in [-0.25, -0.2) is 4.39 Å². The molecular formula is C22H23FN2O3S. The molecule has 0 spiro atoms. The summed E-state index contributed by atoms with van der Waals surface area (Å²) in [5.74, 6) is -0.625. The van der Waals surface area contributed by atoms with Crippen LogP contribution in [-0.4, -0.2) is 40.8 Å². The van der Waals surface area contributed by atoms with Gasteiger partial charge in [0.15, 0.2) is 11.6 Å². The van der Waals surface area contributed by atoms with Crippen LogP contribution in [0.15, 0.2) is 36.4 Å². The van der Waals surface area contributed by atoms with Crippen molar-refractivity contribution < 1.29 is 19.0 Å². The molecule has 0 aliphatic carbocycles. The SMILES string of the molecule is COc1cc2c(CC(=O)NCCO)c(C)n(C(=S)c3ccc(C)cc3)c2cc1F. The van der Waals surface area contributed by atoms with Gasteiger partial charge in [-0.15, -0.1) is 0 Å². The third-order valence-corrected chi connectivity index (χ3v) is 5.30. The van der Waals surface area contributed by atoms with Crippen LogP contribution in [0.1, 0.15) is 22.4 Å². The Morgan fingerprint density at radius 1 is 1.24 bits per heavy atom. The van der Waals surface area contributed by atoms with Gasteiger partial charge in [0.25, 0.3) is 0 Å². The number of benzene rings is 2. The van der Waals surface area contributed by atoms with Crippen LogP contribution in [0.3, 0.4) is 0 Å². The maximum atomic E-state index is 14.5. The predicted octanol–water partition coefficient (Wildman–Crippen LogP) is 3.28. The van der Waals surface area contributed by atoms with Crippen LogP contribution in [0.2, 0.25) is 0 Å². The van der Waals surface area contributed by atoms with Crippen LogP contribution >= 0.6 is 12.2 Å². The number of nitrogens with zero attached hydrogens (tertiary/aromatic N) is 1. The molecule has 1 aromatic heterocycles. The second-order valence-corrected chi connectivity index (χ2v) is 7.21. The van der Waals surface area contributed by atoms with E-state index in [1.807, 2.05) is 38.1 Å². The molecule has 7 heteroatoms. The fraction of sp³-hybridized carbons (Fsp3) is 0.273. The summed E-state index contributed by atoms with van der Waals surface area (Å²) in [6.45, 7) is 3.90. The van der Waals surface area contributed by atoms with Crippen molar-refractivity contribution in [2.24, 2.45) is 0 Å². The number of aliphatic hydroxyl groups is 1. The maximum absolute atomic E-state index is 14.5. The number of carbonyl (C=O) groups excluding carboxylic acids is 1. The summed E-state index contributed by atoms with van der Waals surface area (Å²) in [5.41, 5.74) is 4.03. The van der Waals surface area contributed by atoms with Gasteiger partial charge in [0.05, 0.1) is 25.7 Å². The number of rotatable bonds is 6. The molecule has 0 bridgehead atoms. The zero-order valence-electron chi connectivity index (χ0n) is 16.6. The van der Waals surface area contributed by atoms with E-state index in [9.17, 15) is 9.18 Å². The van der Waals surface area contributed by atoms with Crippen molar-refractivity contribution in [1.29, 1.82) is 0 Å². The number of nitrogens with one attached hydrogen (secondary N) is 1. The van der Waals surface area contributed by atoms with E-state index in [-0.39, 0.29) is 31.2 Å². The highest BCUT2D eigenvalue weighted by atomic mass is 32.1. The summed E-state index contributed by atoms with van der Waals surface area (Å²) in [6, 6.07) is 10.8. The number of halogens is 1. The number of hydrogen-bond acceptors (Lipinski definition) is 4. The summed E-state index contributed by atoms with van der Waals surface area (Å²) in [6.07, 6.45) is 0.0840. The molecule has 0 saturated heterocycles. The number of aliphatic hydroxyl groups excluding tert-OH is 1. The molecule has 1 heterocycles. The Hall–Kier alpha value is -2.77. The molecule has 2 aromatic carbocycles. The Labute approximate surface area is 174 Å². The number of methoxy groups -OCH3 is 1. The lowest BCUT2D eigenvalue weighted by atomic mass is 10.1. The highest BCUT2D eigenvalue weighted by Crippen LogP contribution is 2.32. The van der Waals surface area contributed by atoms with Crippen LogP contribution in [0.25, 0.3) is 10.9 Å². The van der Waals surface area contributed by atoms with Crippen molar-refractivity contribution in [3.8, 4) is 5.75 Å². The highest BCUT2D eigenvalue weighted by Gasteiger charge is 2.21. The monoisotopic (exact) mass is 414 g/mol. The van der Waals surface area contributed by atoms with Crippen molar-refractivity contribution >= 4 is 34.0 Å². The van der Waals surface area contributed by atoms with E-state index in [0.29, 0.717) is 15.9 Å². The van der Waals surface area contributed by atoms with E-state index in [2.05, 4.69) is 5.32 Å². The molecule has 29 heavy (non-hydrogen) atoms. The molecule has 0 aliphatic rings. The van der Waals surface area contributed by atoms with Crippen molar-refractivity contribution in [2.75, 3.05) is 20.3 Å². The maximum Gasteiger partial charge on any atom is 0.224 e. The fourth-order valence-corrected chi connectivity index (χ4v) is 3.74. The quantitative estimate of drug-likeness (QED) is 0.608. The molecular weight excluding hydrogens is 391 g/mol. The summed E-state index contributed by atoms with van der Waals surface area (Å²) in [4.78, 5) is 12.8. The standard InChI is InChI=1S/C22H23FN2O3S/c1-13-4-6-15(7-5-13)22(29)25-14(2)16(11-21(27)24-8-9-26)17-10-20(28-3)18(23)12-19(17)25/h4-7,10,12,26H,8-9,11H2,1-3H3,(H,24,27). The third kappa shape index (κ3) is 4.16.